The number of hydrogen-bond donors (Lipinski definition) is 1. The van der Waals surface area contributed by atoms with E-state index in [0.29, 0.717) is 24.6 Å². The molecule has 2 fully saturated rings. The van der Waals surface area contributed by atoms with E-state index in [1.165, 1.54) is 0 Å². The number of aromatic nitrogens is 2. The van der Waals surface area contributed by atoms with Crippen molar-refractivity contribution in [2.45, 2.75) is 50.1 Å². The summed E-state index contributed by atoms with van der Waals surface area (Å²) in [6.45, 7) is 0. The van der Waals surface area contributed by atoms with E-state index in [2.05, 4.69) is 10.4 Å². The van der Waals surface area contributed by atoms with Crippen LogP contribution in [0.5, 0.6) is 0 Å². The molecule has 122 valence electrons. The van der Waals surface area contributed by atoms with Crippen LogP contribution in [0.25, 0.3) is 10.9 Å². The van der Waals surface area contributed by atoms with Crippen molar-refractivity contribution in [1.82, 2.24) is 20.0 Å². The van der Waals surface area contributed by atoms with Gasteiger partial charge in [-0.15, -0.1) is 0 Å². The molecule has 0 radical (unpaired) electrons. The van der Waals surface area contributed by atoms with Gasteiger partial charge in [0.05, 0.1) is 6.89 Å². The number of nitrogens with zero attached hydrogens (tertiary/aromatic N) is 3. The Bertz CT molecular complexity index is 919. The molecule has 5 nitrogen and oxygen atoms in total. The molecule has 0 aliphatic carbocycles. The minimum atomic E-state index is -2.43. The lowest BCUT2D eigenvalue weighted by Gasteiger charge is -2.47. The predicted octanol–water partition coefficient (Wildman–Crippen LogP) is 2.32. The monoisotopic (exact) mass is 317 g/mol. The van der Waals surface area contributed by atoms with Crippen molar-refractivity contribution in [3.8, 4) is 0 Å². The Morgan fingerprint density at radius 1 is 1.30 bits per heavy atom. The molecule has 1 N–H and O–H groups in total. The van der Waals surface area contributed by atoms with Crippen LogP contribution in [0.2, 0.25) is 0 Å². The third kappa shape index (κ3) is 2.53. The number of nitrogens with one attached hydrogen (secondary N) is 1. The lowest BCUT2D eigenvalue weighted by Crippen LogP contribution is -2.55. The molecule has 1 aromatic heterocycles. The number of amides is 1. The number of carbonyl (C=O) groups excluding carboxylic acids is 1. The van der Waals surface area contributed by atoms with E-state index in [1.807, 2.05) is 12.1 Å². The van der Waals surface area contributed by atoms with Crippen molar-refractivity contribution in [1.29, 1.82) is 0 Å². The molecule has 4 rings (SSSR count). The molecule has 2 saturated heterocycles. The summed E-state index contributed by atoms with van der Waals surface area (Å²) < 4.78 is 44.9. The molecule has 23 heavy (non-hydrogen) atoms. The van der Waals surface area contributed by atoms with E-state index in [4.69, 9.17) is 6.85 Å². The Balaban J connectivity index is 1.77. The normalized spacial score (nSPS) is 38.8. The Kier molecular flexibility index (Phi) is 2.47. The van der Waals surface area contributed by atoms with Crippen molar-refractivity contribution >= 4 is 16.8 Å². The third-order valence-electron chi connectivity index (χ3n) is 4.77. The summed E-state index contributed by atoms with van der Waals surface area (Å²) in [5.41, 5.74) is 0.804. The zero-order valence-corrected chi connectivity index (χ0v) is 13.3. The van der Waals surface area contributed by atoms with E-state index in [1.54, 1.807) is 35.8 Å². The fourth-order valence-electron chi connectivity index (χ4n) is 3.48. The van der Waals surface area contributed by atoms with Crippen LogP contribution in [-0.4, -0.2) is 45.7 Å². The minimum absolute atomic E-state index is 0.0698. The highest BCUT2D eigenvalue weighted by Crippen LogP contribution is 2.32. The Labute approximate surface area is 143 Å². The average molecular weight is 317 g/mol. The summed E-state index contributed by atoms with van der Waals surface area (Å²) in [5, 5.41) is 7.24. The number of para-hydroxylation sites is 1. The summed E-state index contributed by atoms with van der Waals surface area (Å²) in [6.07, 6.45) is -2.80. The van der Waals surface area contributed by atoms with Gasteiger partial charge in [0.2, 0.25) is 0 Å². The van der Waals surface area contributed by atoms with Crippen LogP contribution in [0.4, 0.5) is 0 Å². The van der Waals surface area contributed by atoms with Crippen LogP contribution >= 0.6 is 0 Å². The number of rotatable bonds is 2. The van der Waals surface area contributed by atoms with Gasteiger partial charge in [0.1, 0.15) is 0 Å². The van der Waals surface area contributed by atoms with Gasteiger partial charge in [-0.25, -0.2) is 0 Å². The van der Waals surface area contributed by atoms with Gasteiger partial charge in [-0.2, -0.15) is 5.10 Å². The molecule has 2 atom stereocenters. The van der Waals surface area contributed by atoms with Crippen LogP contribution < -0.4 is 5.32 Å². The lowest BCUT2D eigenvalue weighted by molar-refractivity contribution is 0.0462. The molecule has 0 saturated carbocycles. The number of aryl methyl sites for hydroxylation is 1. The Morgan fingerprint density at radius 3 is 2.74 bits per heavy atom. The van der Waals surface area contributed by atoms with Crippen LogP contribution in [0.3, 0.4) is 0 Å². The van der Waals surface area contributed by atoms with Crippen LogP contribution in [0.15, 0.2) is 24.3 Å². The number of fused-ring (bicyclic) bond motifs is 3. The first-order valence-electron chi connectivity index (χ1n) is 10.5. The maximum Gasteiger partial charge on any atom is 0.272 e. The standard InChI is InChI=1S/C18H24N4O/c1-21-13-6-5-7-14(21)11-12(10-13)19-18(23)17-15-8-3-4-9-16(15)22(2)20-17/h3-4,8-9,12-14H,5-7,10-11H2,1-2H3,(H,19,23)/i10D2,11D2,12D. The molecular weight excluding hydrogens is 288 g/mol. The Hall–Kier alpha value is -1.88. The number of carbonyl (C=O) groups is 1. The summed E-state index contributed by atoms with van der Waals surface area (Å²) in [4.78, 5) is 14.8. The summed E-state index contributed by atoms with van der Waals surface area (Å²) in [5.74, 6) is -0.734. The molecule has 2 bridgehead atoms. The lowest BCUT2D eigenvalue weighted by atomic mass is 9.82. The van der Waals surface area contributed by atoms with Crippen molar-refractivity contribution in [3.05, 3.63) is 30.0 Å². The topological polar surface area (TPSA) is 50.2 Å². The largest absolute Gasteiger partial charge is 0.348 e. The van der Waals surface area contributed by atoms with Crippen LogP contribution in [0, 0.1) is 0 Å². The van der Waals surface area contributed by atoms with E-state index < -0.39 is 36.8 Å². The second-order valence-corrected chi connectivity index (χ2v) is 6.24. The first-order valence-corrected chi connectivity index (χ1v) is 7.98. The molecular formula is C18H24N4O. The van der Waals surface area contributed by atoms with Crippen molar-refractivity contribution in [2.75, 3.05) is 7.05 Å². The van der Waals surface area contributed by atoms with Crippen molar-refractivity contribution in [2.24, 2.45) is 7.05 Å². The molecule has 2 aliphatic heterocycles. The molecule has 2 unspecified atom stereocenters. The predicted molar refractivity (Wildman–Crippen MR) is 90.4 cm³/mol. The highest BCUT2D eigenvalue weighted by atomic mass is 16.2. The molecule has 1 aromatic carbocycles. The number of piperidine rings is 2. The quantitative estimate of drug-likeness (QED) is 0.925. The van der Waals surface area contributed by atoms with Gasteiger partial charge in [-0.1, -0.05) is 24.6 Å². The summed E-state index contributed by atoms with van der Waals surface area (Å²) >= 11 is 0. The third-order valence-corrected chi connectivity index (χ3v) is 4.77. The van der Waals surface area contributed by atoms with E-state index in [-0.39, 0.29) is 5.69 Å². The maximum atomic E-state index is 13.1. The van der Waals surface area contributed by atoms with Gasteiger partial charge < -0.3 is 10.2 Å². The maximum absolute atomic E-state index is 13.1. The minimum Gasteiger partial charge on any atom is -0.348 e. The van der Waals surface area contributed by atoms with Gasteiger partial charge in [-0.05, 0) is 38.7 Å². The molecule has 2 aliphatic rings. The fraction of sp³-hybridized carbons (Fsp3) is 0.556. The zero-order valence-electron chi connectivity index (χ0n) is 18.3. The summed E-state index contributed by atoms with van der Waals surface area (Å²) in [7, 11) is 3.41. The number of hydrogen-bond acceptors (Lipinski definition) is 3. The average Bonchev–Trinajstić information content (AvgIpc) is 2.97. The molecule has 2 aromatic rings. The highest BCUT2D eigenvalue weighted by molar-refractivity contribution is 6.04. The van der Waals surface area contributed by atoms with Gasteiger partial charge >= 0.3 is 0 Å². The van der Waals surface area contributed by atoms with Gasteiger partial charge in [0.15, 0.2) is 5.69 Å². The second-order valence-electron chi connectivity index (χ2n) is 6.24. The number of benzene rings is 1. The molecule has 5 heteroatoms. The van der Waals surface area contributed by atoms with Gasteiger partial charge in [-0.3, -0.25) is 9.48 Å². The second kappa shape index (κ2) is 5.64. The highest BCUT2D eigenvalue weighted by Gasteiger charge is 2.36. The SMILES string of the molecule is [2H]C1([2H])C2CCCC(N2C)C([2H])([2H])C1([2H])NC(=O)c1nn(C)c2ccccc12. The van der Waals surface area contributed by atoms with Gasteiger partial charge in [0.25, 0.3) is 5.91 Å². The first-order chi connectivity index (χ1) is 13.0. The Morgan fingerprint density at radius 2 is 2.00 bits per heavy atom. The smallest absolute Gasteiger partial charge is 0.272 e. The van der Waals surface area contributed by atoms with E-state index in [9.17, 15) is 4.79 Å². The van der Waals surface area contributed by atoms with Crippen LogP contribution in [0.1, 0.15) is 49.4 Å². The van der Waals surface area contributed by atoms with Crippen molar-refractivity contribution in [3.63, 3.8) is 0 Å². The molecule has 1 amide bonds. The first kappa shape index (κ1) is 10.1. The van der Waals surface area contributed by atoms with E-state index >= 15 is 0 Å². The zero-order chi connectivity index (χ0) is 20.5. The summed E-state index contributed by atoms with van der Waals surface area (Å²) in [6, 6.07) is 3.46. The molecule has 0 spiro atoms. The van der Waals surface area contributed by atoms with Crippen LogP contribution in [-0.2, 0) is 7.05 Å². The van der Waals surface area contributed by atoms with Crippen molar-refractivity contribution < 1.29 is 11.6 Å². The molecule has 3 heterocycles. The van der Waals surface area contributed by atoms with Gasteiger partial charge in [0, 0.05) is 36.0 Å². The fourth-order valence-corrected chi connectivity index (χ4v) is 3.48. The van der Waals surface area contributed by atoms with E-state index in [0.717, 1.165) is 5.52 Å².